The van der Waals surface area contributed by atoms with Crippen molar-refractivity contribution in [3.63, 3.8) is 0 Å². The normalized spacial score (nSPS) is 19.4. The van der Waals surface area contributed by atoms with Gasteiger partial charge in [-0.3, -0.25) is 9.69 Å². The second-order valence-electron chi connectivity index (χ2n) is 5.52. The van der Waals surface area contributed by atoms with E-state index in [1.165, 1.54) is 12.8 Å². The van der Waals surface area contributed by atoms with Crippen LogP contribution in [0.2, 0.25) is 5.02 Å². The number of carboxylic acid groups (broad SMARTS) is 1. The molecule has 1 aromatic carbocycles. The third-order valence-electron chi connectivity index (χ3n) is 4.04. The van der Waals surface area contributed by atoms with Crippen LogP contribution in [0.3, 0.4) is 0 Å². The van der Waals surface area contributed by atoms with Crippen LogP contribution in [-0.4, -0.2) is 35.7 Å². The Hall–Kier alpha value is -1.26. The predicted molar refractivity (Wildman–Crippen MR) is 82.9 cm³/mol. The first kappa shape index (κ1) is 16.1. The van der Waals surface area contributed by atoms with Crippen molar-refractivity contribution in [3.8, 4) is 5.75 Å². The average Bonchev–Trinajstić information content (AvgIpc) is 2.46. The van der Waals surface area contributed by atoms with E-state index in [4.69, 9.17) is 21.4 Å². The highest BCUT2D eigenvalue weighted by molar-refractivity contribution is 6.32. The van der Waals surface area contributed by atoms with Gasteiger partial charge in [0.15, 0.2) is 0 Å². The average molecular weight is 312 g/mol. The molecule has 0 bridgehead atoms. The van der Waals surface area contributed by atoms with Crippen LogP contribution in [-0.2, 0) is 11.3 Å². The van der Waals surface area contributed by atoms with E-state index >= 15 is 0 Å². The quantitative estimate of drug-likeness (QED) is 0.872. The molecule has 1 saturated heterocycles. The maximum Gasteiger partial charge on any atom is 0.303 e. The van der Waals surface area contributed by atoms with Gasteiger partial charge in [-0.1, -0.05) is 24.1 Å². The molecule has 1 atom stereocenters. The number of piperidine rings is 1. The lowest BCUT2D eigenvalue weighted by atomic mass is 9.97. The number of methoxy groups -OCH3 is 1. The van der Waals surface area contributed by atoms with E-state index in [0.29, 0.717) is 16.8 Å². The number of carboxylic acids is 1. The van der Waals surface area contributed by atoms with Crippen LogP contribution in [0.4, 0.5) is 0 Å². The monoisotopic (exact) mass is 311 g/mol. The van der Waals surface area contributed by atoms with Gasteiger partial charge in [-0.05, 0) is 43.5 Å². The van der Waals surface area contributed by atoms with E-state index in [1.54, 1.807) is 7.11 Å². The highest BCUT2D eigenvalue weighted by Crippen LogP contribution is 2.28. The molecule has 5 heteroatoms. The Kier molecular flexibility index (Phi) is 5.88. The van der Waals surface area contributed by atoms with Crippen molar-refractivity contribution in [2.45, 2.75) is 44.7 Å². The molecule has 0 spiro atoms. The van der Waals surface area contributed by atoms with E-state index in [0.717, 1.165) is 31.5 Å². The summed E-state index contributed by atoms with van der Waals surface area (Å²) in [5, 5.41) is 9.48. The highest BCUT2D eigenvalue weighted by Gasteiger charge is 2.23. The molecule has 1 aromatic rings. The number of halogens is 1. The Labute approximate surface area is 130 Å². The summed E-state index contributed by atoms with van der Waals surface area (Å²) < 4.78 is 5.17. The standard InChI is InChI=1S/C16H22ClNO3/c1-21-15-7-5-12(10-14(15)17)11-18-9-3-2-4-13(18)6-8-16(19)20/h5,7,10,13H,2-4,6,8-9,11H2,1H3,(H,19,20)/t13-/m1/s1. The number of nitrogens with zero attached hydrogens (tertiary/aromatic N) is 1. The molecule has 0 unspecified atom stereocenters. The first-order valence-corrected chi connectivity index (χ1v) is 7.76. The zero-order valence-corrected chi connectivity index (χ0v) is 13.1. The highest BCUT2D eigenvalue weighted by atomic mass is 35.5. The molecule has 0 saturated carbocycles. The van der Waals surface area contributed by atoms with Crippen LogP contribution in [0, 0.1) is 0 Å². The van der Waals surface area contributed by atoms with Gasteiger partial charge < -0.3 is 9.84 Å². The smallest absolute Gasteiger partial charge is 0.303 e. The van der Waals surface area contributed by atoms with Crippen LogP contribution < -0.4 is 4.74 Å². The van der Waals surface area contributed by atoms with Gasteiger partial charge in [-0.2, -0.15) is 0 Å². The maximum atomic E-state index is 10.8. The van der Waals surface area contributed by atoms with Gasteiger partial charge in [0.25, 0.3) is 0 Å². The van der Waals surface area contributed by atoms with Gasteiger partial charge in [0.1, 0.15) is 5.75 Å². The molecular weight excluding hydrogens is 290 g/mol. The summed E-state index contributed by atoms with van der Waals surface area (Å²) >= 11 is 6.17. The van der Waals surface area contributed by atoms with Gasteiger partial charge >= 0.3 is 5.97 Å². The SMILES string of the molecule is COc1ccc(CN2CCCC[C@@H]2CCC(=O)O)cc1Cl. The van der Waals surface area contributed by atoms with Gasteiger partial charge in [-0.25, -0.2) is 0 Å². The van der Waals surface area contributed by atoms with Crippen LogP contribution in [0.15, 0.2) is 18.2 Å². The van der Waals surface area contributed by atoms with Gasteiger partial charge in [0.2, 0.25) is 0 Å². The molecule has 1 N–H and O–H groups in total. The number of carbonyl (C=O) groups is 1. The molecule has 21 heavy (non-hydrogen) atoms. The van der Waals surface area contributed by atoms with Crippen molar-refractivity contribution in [2.24, 2.45) is 0 Å². The topological polar surface area (TPSA) is 49.8 Å². The van der Waals surface area contributed by atoms with E-state index < -0.39 is 5.97 Å². The van der Waals surface area contributed by atoms with Crippen molar-refractivity contribution >= 4 is 17.6 Å². The second-order valence-corrected chi connectivity index (χ2v) is 5.93. The Morgan fingerprint density at radius 1 is 1.48 bits per heavy atom. The van der Waals surface area contributed by atoms with E-state index in [9.17, 15) is 4.79 Å². The molecule has 1 aliphatic rings. The molecule has 0 amide bonds. The first-order valence-electron chi connectivity index (χ1n) is 7.38. The van der Waals surface area contributed by atoms with Crippen LogP contribution in [0.5, 0.6) is 5.75 Å². The number of rotatable bonds is 6. The van der Waals surface area contributed by atoms with Crippen LogP contribution in [0.25, 0.3) is 0 Å². The lowest BCUT2D eigenvalue weighted by molar-refractivity contribution is -0.137. The fourth-order valence-electron chi connectivity index (χ4n) is 2.93. The summed E-state index contributed by atoms with van der Waals surface area (Å²) in [5.41, 5.74) is 1.14. The number of likely N-dealkylation sites (tertiary alicyclic amines) is 1. The van der Waals surface area contributed by atoms with Gasteiger partial charge in [0, 0.05) is 19.0 Å². The van der Waals surface area contributed by atoms with E-state index in [-0.39, 0.29) is 6.42 Å². The molecule has 0 radical (unpaired) electrons. The summed E-state index contributed by atoms with van der Waals surface area (Å²) in [4.78, 5) is 13.2. The summed E-state index contributed by atoms with van der Waals surface area (Å²) in [6.45, 7) is 1.84. The van der Waals surface area contributed by atoms with Crippen molar-refractivity contribution in [2.75, 3.05) is 13.7 Å². The number of aliphatic carboxylic acids is 1. The summed E-state index contributed by atoms with van der Waals surface area (Å²) in [6.07, 6.45) is 4.40. The fourth-order valence-corrected chi connectivity index (χ4v) is 3.21. The third-order valence-corrected chi connectivity index (χ3v) is 4.34. The first-order chi connectivity index (χ1) is 10.1. The second kappa shape index (κ2) is 7.66. The van der Waals surface area contributed by atoms with Crippen LogP contribution >= 0.6 is 11.6 Å². The molecule has 0 aromatic heterocycles. The molecule has 2 rings (SSSR count). The van der Waals surface area contributed by atoms with E-state index in [1.807, 2.05) is 18.2 Å². The van der Waals surface area contributed by atoms with Gasteiger partial charge in [-0.15, -0.1) is 0 Å². The zero-order chi connectivity index (χ0) is 15.2. The van der Waals surface area contributed by atoms with Crippen molar-refractivity contribution in [1.29, 1.82) is 0 Å². The Balaban J connectivity index is 2.01. The Morgan fingerprint density at radius 3 is 2.95 bits per heavy atom. The number of ether oxygens (including phenoxy) is 1. The number of benzene rings is 1. The van der Waals surface area contributed by atoms with Crippen LogP contribution in [0.1, 0.15) is 37.7 Å². The minimum atomic E-state index is -0.715. The molecule has 0 aliphatic carbocycles. The number of hydrogen-bond donors (Lipinski definition) is 1. The molecule has 116 valence electrons. The minimum Gasteiger partial charge on any atom is -0.495 e. The summed E-state index contributed by atoms with van der Waals surface area (Å²) in [6, 6.07) is 6.20. The zero-order valence-electron chi connectivity index (χ0n) is 12.3. The molecule has 4 nitrogen and oxygen atoms in total. The van der Waals surface area contributed by atoms with Crippen molar-refractivity contribution < 1.29 is 14.6 Å². The van der Waals surface area contributed by atoms with Crippen molar-refractivity contribution in [3.05, 3.63) is 28.8 Å². The lowest BCUT2D eigenvalue weighted by Gasteiger charge is -2.35. The number of hydrogen-bond acceptors (Lipinski definition) is 3. The largest absolute Gasteiger partial charge is 0.495 e. The lowest BCUT2D eigenvalue weighted by Crippen LogP contribution is -2.39. The maximum absolute atomic E-state index is 10.8. The molecule has 1 heterocycles. The summed E-state index contributed by atoms with van der Waals surface area (Å²) in [7, 11) is 1.60. The summed E-state index contributed by atoms with van der Waals surface area (Å²) in [5.74, 6) is -0.0329. The van der Waals surface area contributed by atoms with E-state index in [2.05, 4.69) is 4.90 Å². The van der Waals surface area contributed by atoms with Crippen molar-refractivity contribution in [1.82, 2.24) is 4.90 Å². The Bertz CT molecular complexity index is 492. The molecule has 1 aliphatic heterocycles. The Morgan fingerprint density at radius 2 is 2.29 bits per heavy atom. The molecular formula is C16H22ClNO3. The van der Waals surface area contributed by atoms with Gasteiger partial charge in [0.05, 0.1) is 12.1 Å². The molecule has 1 fully saturated rings. The fraction of sp³-hybridized carbons (Fsp3) is 0.562. The third kappa shape index (κ3) is 4.61. The predicted octanol–water partition coefficient (Wildman–Crippen LogP) is 3.57. The minimum absolute atomic E-state index is 0.241.